The highest BCUT2D eigenvalue weighted by atomic mass is 16.5. The van der Waals surface area contributed by atoms with Crippen molar-refractivity contribution in [3.63, 3.8) is 0 Å². The van der Waals surface area contributed by atoms with Crippen molar-refractivity contribution >= 4 is 11.9 Å². The molecule has 0 unspecified atom stereocenters. The molecular weight excluding hydrogens is 362 g/mol. The van der Waals surface area contributed by atoms with Crippen LogP contribution in [0.5, 0.6) is 5.75 Å². The molecule has 1 saturated heterocycles. The van der Waals surface area contributed by atoms with Gasteiger partial charge in [-0.25, -0.2) is 9.59 Å². The molecule has 3 rings (SSSR count). The normalized spacial score (nSPS) is 14.6. The van der Waals surface area contributed by atoms with Crippen molar-refractivity contribution in [3.05, 3.63) is 59.9 Å². The van der Waals surface area contributed by atoms with Crippen molar-refractivity contribution in [1.29, 1.82) is 0 Å². The Morgan fingerprint density at radius 2 is 1.46 bits per heavy atom. The summed E-state index contributed by atoms with van der Waals surface area (Å²) in [5.74, 6) is -2.73. The zero-order valence-corrected chi connectivity index (χ0v) is 15.8. The van der Waals surface area contributed by atoms with Crippen LogP contribution >= 0.6 is 0 Å². The Kier molecular flexibility index (Phi) is 8.38. The quantitative estimate of drug-likeness (QED) is 0.745. The molecule has 0 atom stereocenters. The van der Waals surface area contributed by atoms with Gasteiger partial charge in [0.2, 0.25) is 0 Å². The first-order valence-electron chi connectivity index (χ1n) is 8.90. The molecule has 0 bridgehead atoms. The second kappa shape index (κ2) is 11.0. The zero-order chi connectivity index (χ0) is 20.4. The SMILES string of the molecule is COc1ccc(CN2CCN(Cc3cccnc3)CC2)cc1.O=C(O)C(=O)O. The van der Waals surface area contributed by atoms with Gasteiger partial charge in [0, 0.05) is 51.7 Å². The van der Waals surface area contributed by atoms with Gasteiger partial charge in [-0.1, -0.05) is 18.2 Å². The van der Waals surface area contributed by atoms with Crippen LogP contribution in [0.25, 0.3) is 0 Å². The summed E-state index contributed by atoms with van der Waals surface area (Å²) < 4.78 is 5.20. The van der Waals surface area contributed by atoms with Crippen molar-refractivity contribution in [3.8, 4) is 5.75 Å². The van der Waals surface area contributed by atoms with Gasteiger partial charge in [0.05, 0.1) is 7.11 Å². The molecule has 1 aliphatic heterocycles. The molecule has 1 aliphatic rings. The predicted octanol–water partition coefficient (Wildman–Crippen LogP) is 1.56. The number of ether oxygens (including phenoxy) is 1. The lowest BCUT2D eigenvalue weighted by Gasteiger charge is -2.34. The molecular formula is C20H25N3O5. The first kappa shape index (κ1) is 21.3. The fourth-order valence-electron chi connectivity index (χ4n) is 2.84. The number of aromatic nitrogens is 1. The van der Waals surface area contributed by atoms with Crippen LogP contribution in [0, 0.1) is 0 Å². The molecule has 2 aromatic rings. The predicted molar refractivity (Wildman–Crippen MR) is 103 cm³/mol. The van der Waals surface area contributed by atoms with Gasteiger partial charge in [-0.3, -0.25) is 14.8 Å². The topological polar surface area (TPSA) is 103 Å². The molecule has 150 valence electrons. The van der Waals surface area contributed by atoms with E-state index in [0.29, 0.717) is 0 Å². The third-order valence-electron chi connectivity index (χ3n) is 4.34. The molecule has 28 heavy (non-hydrogen) atoms. The summed E-state index contributed by atoms with van der Waals surface area (Å²) in [4.78, 5) is 27.4. The largest absolute Gasteiger partial charge is 0.497 e. The molecule has 0 radical (unpaired) electrons. The first-order chi connectivity index (χ1) is 13.5. The Bertz CT molecular complexity index is 732. The van der Waals surface area contributed by atoms with Gasteiger partial charge in [0.15, 0.2) is 0 Å². The molecule has 0 amide bonds. The number of hydrogen-bond acceptors (Lipinski definition) is 6. The molecule has 1 fully saturated rings. The van der Waals surface area contributed by atoms with Crippen LogP contribution in [-0.2, 0) is 22.7 Å². The lowest BCUT2D eigenvalue weighted by molar-refractivity contribution is -0.159. The highest BCUT2D eigenvalue weighted by Crippen LogP contribution is 2.14. The third kappa shape index (κ3) is 7.34. The van der Waals surface area contributed by atoms with Crippen molar-refractivity contribution in [2.45, 2.75) is 13.1 Å². The third-order valence-corrected chi connectivity index (χ3v) is 4.34. The highest BCUT2D eigenvalue weighted by molar-refractivity contribution is 6.27. The van der Waals surface area contributed by atoms with E-state index in [-0.39, 0.29) is 0 Å². The molecule has 1 aromatic heterocycles. The fourth-order valence-corrected chi connectivity index (χ4v) is 2.84. The van der Waals surface area contributed by atoms with Crippen LogP contribution in [0.1, 0.15) is 11.1 Å². The molecule has 2 heterocycles. The average Bonchev–Trinajstić information content (AvgIpc) is 2.71. The van der Waals surface area contributed by atoms with Gasteiger partial charge in [-0.15, -0.1) is 0 Å². The summed E-state index contributed by atoms with van der Waals surface area (Å²) in [5, 5.41) is 14.8. The van der Waals surface area contributed by atoms with E-state index >= 15 is 0 Å². The summed E-state index contributed by atoms with van der Waals surface area (Å²) in [6.45, 7) is 6.49. The lowest BCUT2D eigenvalue weighted by Crippen LogP contribution is -2.45. The molecule has 0 spiro atoms. The van der Waals surface area contributed by atoms with Crippen LogP contribution in [-0.4, -0.2) is 70.2 Å². The van der Waals surface area contributed by atoms with E-state index in [4.69, 9.17) is 24.5 Å². The maximum Gasteiger partial charge on any atom is 0.414 e. The van der Waals surface area contributed by atoms with Crippen molar-refractivity contribution in [2.75, 3.05) is 33.3 Å². The van der Waals surface area contributed by atoms with Crippen LogP contribution in [0.3, 0.4) is 0 Å². The van der Waals surface area contributed by atoms with Crippen LogP contribution in [0.2, 0.25) is 0 Å². The van der Waals surface area contributed by atoms with Crippen LogP contribution in [0.4, 0.5) is 0 Å². The smallest absolute Gasteiger partial charge is 0.414 e. The molecule has 8 heteroatoms. The summed E-state index contributed by atoms with van der Waals surface area (Å²) in [7, 11) is 1.70. The van der Waals surface area contributed by atoms with Gasteiger partial charge in [0.1, 0.15) is 5.75 Å². The Morgan fingerprint density at radius 1 is 0.929 bits per heavy atom. The second-order valence-electron chi connectivity index (χ2n) is 6.37. The van der Waals surface area contributed by atoms with Gasteiger partial charge in [-0.05, 0) is 29.3 Å². The number of carbonyl (C=O) groups is 2. The van der Waals surface area contributed by atoms with Crippen molar-refractivity contribution in [1.82, 2.24) is 14.8 Å². The number of benzene rings is 1. The Balaban J connectivity index is 0.000000409. The summed E-state index contributed by atoms with van der Waals surface area (Å²) >= 11 is 0. The average molecular weight is 387 g/mol. The highest BCUT2D eigenvalue weighted by Gasteiger charge is 2.17. The van der Waals surface area contributed by atoms with E-state index < -0.39 is 11.9 Å². The van der Waals surface area contributed by atoms with E-state index in [9.17, 15) is 0 Å². The number of piperazine rings is 1. The number of carboxylic acids is 2. The fraction of sp³-hybridized carbons (Fsp3) is 0.350. The maximum absolute atomic E-state index is 9.10. The van der Waals surface area contributed by atoms with Crippen molar-refractivity contribution in [2.24, 2.45) is 0 Å². The van der Waals surface area contributed by atoms with E-state index in [2.05, 4.69) is 33.0 Å². The molecule has 1 aromatic carbocycles. The maximum atomic E-state index is 9.10. The Labute approximate surface area is 164 Å². The van der Waals surface area contributed by atoms with E-state index in [0.717, 1.165) is 45.0 Å². The number of pyridine rings is 1. The molecule has 0 saturated carbocycles. The lowest BCUT2D eigenvalue weighted by atomic mass is 10.2. The minimum Gasteiger partial charge on any atom is -0.497 e. The monoisotopic (exact) mass is 387 g/mol. The summed E-state index contributed by atoms with van der Waals surface area (Å²) in [6, 6.07) is 12.5. The minimum absolute atomic E-state index is 0.921. The number of methoxy groups -OCH3 is 1. The molecule has 2 N–H and O–H groups in total. The number of hydrogen-bond donors (Lipinski definition) is 2. The zero-order valence-electron chi connectivity index (χ0n) is 15.8. The second-order valence-corrected chi connectivity index (χ2v) is 6.37. The standard InChI is InChI=1S/C18H23N3O.C2H2O4/c1-22-18-6-4-16(5-7-18)14-20-9-11-21(12-10-20)15-17-3-2-8-19-13-17;3-1(4)2(5)6/h2-8,13H,9-12,14-15H2,1H3;(H,3,4)(H,5,6). The van der Waals surface area contributed by atoms with E-state index in [1.807, 2.05) is 30.6 Å². The number of rotatable bonds is 5. The van der Waals surface area contributed by atoms with Gasteiger partial charge in [-0.2, -0.15) is 0 Å². The van der Waals surface area contributed by atoms with E-state index in [1.165, 1.54) is 11.1 Å². The summed E-state index contributed by atoms with van der Waals surface area (Å²) in [6.07, 6.45) is 3.79. The molecule has 0 aliphatic carbocycles. The van der Waals surface area contributed by atoms with Gasteiger partial charge >= 0.3 is 11.9 Å². The minimum atomic E-state index is -1.82. The summed E-state index contributed by atoms with van der Waals surface area (Å²) in [5.41, 5.74) is 2.65. The first-order valence-corrected chi connectivity index (χ1v) is 8.90. The number of nitrogens with zero attached hydrogens (tertiary/aromatic N) is 3. The Hall–Kier alpha value is -2.97. The molecule has 8 nitrogen and oxygen atoms in total. The van der Waals surface area contributed by atoms with Gasteiger partial charge < -0.3 is 14.9 Å². The number of carboxylic acid groups (broad SMARTS) is 2. The van der Waals surface area contributed by atoms with Crippen LogP contribution in [0.15, 0.2) is 48.8 Å². The number of aliphatic carboxylic acids is 2. The van der Waals surface area contributed by atoms with E-state index in [1.54, 1.807) is 7.11 Å². The Morgan fingerprint density at radius 3 is 1.89 bits per heavy atom. The van der Waals surface area contributed by atoms with Crippen LogP contribution < -0.4 is 4.74 Å². The van der Waals surface area contributed by atoms with Crippen molar-refractivity contribution < 1.29 is 24.5 Å². The van der Waals surface area contributed by atoms with Gasteiger partial charge in [0.25, 0.3) is 0 Å².